The van der Waals surface area contributed by atoms with Gasteiger partial charge in [-0.15, -0.1) is 0 Å². The van der Waals surface area contributed by atoms with E-state index < -0.39 is 11.3 Å². The number of methoxy groups -OCH3 is 1. The molecule has 2 fully saturated rings. The Balaban J connectivity index is 1.27. The maximum Gasteiger partial charge on any atom is 0.236 e. The molecule has 2 aromatic rings. The molecule has 4 N–H and O–H groups in total. The smallest absolute Gasteiger partial charge is 0.236 e. The first-order chi connectivity index (χ1) is 19.9. The number of nitrogens with one attached hydrogen (secondary N) is 3. The van der Waals surface area contributed by atoms with Crippen molar-refractivity contribution in [1.82, 2.24) is 24.5 Å². The zero-order valence-corrected chi connectivity index (χ0v) is 25.1. The first kappa shape index (κ1) is 30.0. The van der Waals surface area contributed by atoms with Gasteiger partial charge in [0.25, 0.3) is 0 Å². The molecule has 3 atom stereocenters. The standard InChI is InChI=1S/C28H40ClN7O4S/c1-40-25-15-20-9-13-35(18-26(37)36-10-4-5-11-36)12-8-19(20)14-24(25)33-28-30-17-22(29)27(34-28)32-23-7-3-2-6-21(23)16-31-41(38)39/h14-15,17,21,23,31H,2-13,16,18H2,1H3,(H,38,39)(H2,30,32,33,34)/t21-,23-/m1/s1. The number of fused-ring (bicyclic) bond motifs is 1. The van der Waals surface area contributed by atoms with Crippen LogP contribution in [0.15, 0.2) is 18.3 Å². The number of carbonyl (C=O) groups excluding carboxylic acids is 1. The normalized spacial score (nSPS) is 22.1. The Morgan fingerprint density at radius 1 is 1.12 bits per heavy atom. The van der Waals surface area contributed by atoms with Crippen molar-refractivity contribution in [3.63, 3.8) is 0 Å². The molecule has 1 saturated heterocycles. The van der Waals surface area contributed by atoms with Crippen LogP contribution in [0.4, 0.5) is 17.5 Å². The van der Waals surface area contributed by atoms with E-state index in [0.29, 0.717) is 35.6 Å². The van der Waals surface area contributed by atoms with E-state index in [4.69, 9.17) is 20.9 Å². The quantitative estimate of drug-likeness (QED) is 0.300. The van der Waals surface area contributed by atoms with Gasteiger partial charge in [-0.05, 0) is 67.7 Å². The lowest BCUT2D eigenvalue weighted by Crippen LogP contribution is -2.40. The van der Waals surface area contributed by atoms with E-state index in [1.165, 1.54) is 11.1 Å². The molecule has 224 valence electrons. The highest BCUT2D eigenvalue weighted by Gasteiger charge is 2.27. The maximum atomic E-state index is 12.7. The largest absolute Gasteiger partial charge is 0.495 e. The van der Waals surface area contributed by atoms with Gasteiger partial charge in [0.2, 0.25) is 23.1 Å². The molecule has 5 rings (SSSR count). The highest BCUT2D eigenvalue weighted by molar-refractivity contribution is 7.77. The van der Waals surface area contributed by atoms with E-state index in [1.807, 2.05) is 4.90 Å². The Kier molecular flexibility index (Phi) is 10.3. The number of nitrogens with zero attached hydrogens (tertiary/aromatic N) is 4. The van der Waals surface area contributed by atoms with Gasteiger partial charge in [-0.3, -0.25) is 14.2 Å². The maximum absolute atomic E-state index is 12.7. The van der Waals surface area contributed by atoms with Crippen molar-refractivity contribution in [1.29, 1.82) is 0 Å². The Morgan fingerprint density at radius 3 is 2.59 bits per heavy atom. The van der Waals surface area contributed by atoms with Crippen LogP contribution in [0.5, 0.6) is 5.75 Å². The number of benzene rings is 1. The summed E-state index contributed by atoms with van der Waals surface area (Å²) in [5.74, 6) is 2.03. The third-order valence-corrected chi connectivity index (χ3v) is 9.12. The van der Waals surface area contributed by atoms with Crippen LogP contribution in [0.1, 0.15) is 49.7 Å². The van der Waals surface area contributed by atoms with Crippen LogP contribution in [-0.2, 0) is 28.9 Å². The molecule has 0 bridgehead atoms. The highest BCUT2D eigenvalue weighted by atomic mass is 35.5. The fourth-order valence-corrected chi connectivity index (χ4v) is 6.63. The van der Waals surface area contributed by atoms with E-state index in [2.05, 4.69) is 42.4 Å². The summed E-state index contributed by atoms with van der Waals surface area (Å²) in [5.41, 5.74) is 3.21. The molecular formula is C28H40ClN7O4S. The van der Waals surface area contributed by atoms with Gasteiger partial charge in [-0.2, -0.15) is 4.98 Å². The molecule has 3 heterocycles. The van der Waals surface area contributed by atoms with Crippen molar-refractivity contribution < 1.29 is 18.3 Å². The number of carbonyl (C=O) groups is 1. The lowest BCUT2D eigenvalue weighted by atomic mass is 9.84. The summed E-state index contributed by atoms with van der Waals surface area (Å²) in [6, 6.07) is 4.24. The van der Waals surface area contributed by atoms with Gasteiger partial charge in [0.05, 0.1) is 25.5 Å². The average Bonchev–Trinajstić information content (AvgIpc) is 3.44. The number of anilines is 3. The second-order valence-electron chi connectivity index (χ2n) is 11.1. The second-order valence-corrected chi connectivity index (χ2v) is 12.3. The predicted octanol–water partition coefficient (Wildman–Crippen LogP) is 3.60. The first-order valence-corrected chi connectivity index (χ1v) is 16.0. The van der Waals surface area contributed by atoms with Crippen molar-refractivity contribution in [2.45, 2.75) is 57.4 Å². The van der Waals surface area contributed by atoms with Crippen molar-refractivity contribution in [3.05, 3.63) is 34.5 Å². The summed E-state index contributed by atoms with van der Waals surface area (Å²) >= 11 is 4.44. The van der Waals surface area contributed by atoms with Crippen molar-refractivity contribution in [2.24, 2.45) is 5.92 Å². The molecule has 1 aromatic carbocycles. The summed E-state index contributed by atoms with van der Waals surface area (Å²) in [5, 5.41) is 7.20. The molecule has 1 unspecified atom stereocenters. The van der Waals surface area contributed by atoms with Gasteiger partial charge in [0, 0.05) is 38.8 Å². The summed E-state index contributed by atoms with van der Waals surface area (Å²) in [6.45, 7) is 4.33. The molecular weight excluding hydrogens is 566 g/mol. The van der Waals surface area contributed by atoms with Gasteiger partial charge in [0.1, 0.15) is 10.8 Å². The fraction of sp³-hybridized carbons (Fsp3) is 0.607. The zero-order valence-electron chi connectivity index (χ0n) is 23.5. The molecule has 2 aliphatic heterocycles. The van der Waals surface area contributed by atoms with E-state index in [-0.39, 0.29) is 17.9 Å². The van der Waals surface area contributed by atoms with Crippen LogP contribution in [0.25, 0.3) is 0 Å². The second kappa shape index (κ2) is 14.1. The molecule has 3 aliphatic rings. The number of rotatable bonds is 10. The monoisotopic (exact) mass is 605 g/mol. The molecule has 1 saturated carbocycles. The first-order valence-electron chi connectivity index (χ1n) is 14.5. The number of hydrogen-bond donors (Lipinski definition) is 4. The number of halogens is 1. The molecule has 1 amide bonds. The summed E-state index contributed by atoms with van der Waals surface area (Å²) in [6.07, 6.45) is 9.50. The van der Waals surface area contributed by atoms with E-state index in [9.17, 15) is 9.00 Å². The molecule has 1 aliphatic carbocycles. The topological polar surface area (TPSA) is 132 Å². The van der Waals surface area contributed by atoms with Crippen LogP contribution in [0.2, 0.25) is 5.02 Å². The highest BCUT2D eigenvalue weighted by Crippen LogP contribution is 2.34. The lowest BCUT2D eigenvalue weighted by Gasteiger charge is -2.32. The minimum absolute atomic E-state index is 0.0716. The van der Waals surface area contributed by atoms with E-state index in [0.717, 1.165) is 83.2 Å². The molecule has 0 radical (unpaired) electrons. The molecule has 41 heavy (non-hydrogen) atoms. The molecule has 13 heteroatoms. The van der Waals surface area contributed by atoms with E-state index in [1.54, 1.807) is 13.3 Å². The molecule has 0 spiro atoms. The Labute approximate surface area is 249 Å². The van der Waals surface area contributed by atoms with Crippen LogP contribution >= 0.6 is 11.6 Å². The van der Waals surface area contributed by atoms with E-state index >= 15 is 0 Å². The van der Waals surface area contributed by atoms with Crippen LogP contribution in [-0.4, -0.2) is 86.9 Å². The number of ether oxygens (including phenoxy) is 1. The number of likely N-dealkylation sites (tertiary alicyclic amines) is 1. The minimum atomic E-state index is -2.04. The third-order valence-electron chi connectivity index (χ3n) is 8.42. The predicted molar refractivity (Wildman–Crippen MR) is 161 cm³/mol. The fourth-order valence-electron chi connectivity index (χ4n) is 6.13. The zero-order chi connectivity index (χ0) is 28.8. The lowest BCUT2D eigenvalue weighted by molar-refractivity contribution is -0.131. The van der Waals surface area contributed by atoms with Gasteiger partial charge in [-0.1, -0.05) is 24.4 Å². The minimum Gasteiger partial charge on any atom is -0.495 e. The average molecular weight is 606 g/mol. The Bertz CT molecular complexity index is 1250. The molecule has 1 aromatic heterocycles. The van der Waals surface area contributed by atoms with Crippen molar-refractivity contribution in [2.75, 3.05) is 57.0 Å². The summed E-state index contributed by atoms with van der Waals surface area (Å²) in [7, 11) is 1.65. The van der Waals surface area contributed by atoms with Crippen molar-refractivity contribution in [3.8, 4) is 5.75 Å². The number of hydrogen-bond acceptors (Lipinski definition) is 8. The Hall–Kier alpha value is -2.51. The number of amides is 1. The van der Waals surface area contributed by atoms with Gasteiger partial charge < -0.3 is 20.3 Å². The number of aromatic nitrogens is 2. The SMILES string of the molecule is COc1cc2c(cc1Nc1ncc(Cl)c(N[C@@H]3CCCC[C@@H]3CNS(=O)O)n1)CCN(CC(=O)N1CCCC1)CC2. The van der Waals surface area contributed by atoms with Crippen LogP contribution < -0.4 is 20.1 Å². The molecule has 11 nitrogen and oxygen atoms in total. The third kappa shape index (κ3) is 7.86. The van der Waals surface area contributed by atoms with Gasteiger partial charge >= 0.3 is 0 Å². The van der Waals surface area contributed by atoms with Crippen LogP contribution in [0.3, 0.4) is 0 Å². The summed E-state index contributed by atoms with van der Waals surface area (Å²) in [4.78, 5) is 26.0. The van der Waals surface area contributed by atoms with Gasteiger partial charge in [-0.25, -0.2) is 13.9 Å². The van der Waals surface area contributed by atoms with Gasteiger partial charge in [0.15, 0.2) is 5.82 Å². The Morgan fingerprint density at radius 2 is 1.85 bits per heavy atom. The summed E-state index contributed by atoms with van der Waals surface area (Å²) < 4.78 is 28.7. The van der Waals surface area contributed by atoms with Crippen LogP contribution in [0, 0.1) is 5.92 Å². The van der Waals surface area contributed by atoms with Crippen molar-refractivity contribution >= 4 is 46.2 Å².